The van der Waals surface area contributed by atoms with Crippen LogP contribution in [0, 0.1) is 0 Å². The lowest BCUT2D eigenvalue weighted by molar-refractivity contribution is -0.295. The Kier molecular flexibility index (Phi) is 5.61. The average molecular weight is 309 g/mol. The van der Waals surface area contributed by atoms with Gasteiger partial charge in [0.15, 0.2) is 0 Å². The Labute approximate surface area is 119 Å². The topological polar surface area (TPSA) is 177 Å². The van der Waals surface area contributed by atoms with Crippen LogP contribution in [0.3, 0.4) is 0 Å². The van der Waals surface area contributed by atoms with Crippen LogP contribution in [0.15, 0.2) is 0 Å². The van der Waals surface area contributed by atoms with Gasteiger partial charge in [-0.3, -0.25) is 4.79 Å². The van der Waals surface area contributed by atoms with Crippen molar-refractivity contribution >= 4 is 11.9 Å². The number of hydrogen-bond acceptors (Lipinski definition) is 8. The van der Waals surface area contributed by atoms with Crippen molar-refractivity contribution in [2.24, 2.45) is 0 Å². The fourth-order valence-electron chi connectivity index (χ4n) is 2.14. The van der Waals surface area contributed by atoms with Gasteiger partial charge in [-0.15, -0.1) is 0 Å². The first-order valence-electron chi connectivity index (χ1n) is 6.18. The van der Waals surface area contributed by atoms with Gasteiger partial charge in [-0.2, -0.15) is 0 Å². The molecule has 10 nitrogen and oxygen atoms in total. The summed E-state index contributed by atoms with van der Waals surface area (Å²) in [5.74, 6) is -5.17. The normalized spacial score (nSPS) is 35.8. The van der Waals surface area contributed by atoms with E-state index < -0.39 is 61.1 Å². The first-order valence-corrected chi connectivity index (χ1v) is 6.18. The predicted molar refractivity (Wildman–Crippen MR) is 64.8 cm³/mol. The number of ether oxygens (including phenoxy) is 1. The van der Waals surface area contributed by atoms with Crippen molar-refractivity contribution in [3.63, 3.8) is 0 Å². The number of nitrogens with one attached hydrogen (secondary N) is 1. The Morgan fingerprint density at radius 2 is 2.00 bits per heavy atom. The molecule has 0 aromatic carbocycles. The number of carbonyl (C=O) groups excluding carboxylic acids is 1. The number of carboxylic acid groups (broad SMARTS) is 1. The molecule has 1 amide bonds. The molecule has 1 fully saturated rings. The van der Waals surface area contributed by atoms with Crippen LogP contribution in [0.5, 0.6) is 0 Å². The van der Waals surface area contributed by atoms with E-state index in [9.17, 15) is 30.0 Å². The van der Waals surface area contributed by atoms with Crippen molar-refractivity contribution in [1.82, 2.24) is 5.32 Å². The molecule has 10 heteroatoms. The zero-order valence-corrected chi connectivity index (χ0v) is 11.2. The molecule has 1 aliphatic rings. The minimum atomic E-state index is -2.78. The Morgan fingerprint density at radius 1 is 1.43 bits per heavy atom. The number of hydrogen-bond donors (Lipinski definition) is 7. The molecule has 6 atom stereocenters. The van der Waals surface area contributed by atoms with Crippen LogP contribution in [-0.2, 0) is 14.3 Å². The SMILES string of the molecule is CC(=O)NC1[C@H]([C@H](O)[C@H](O)CO)O[C@](O)(C(=O)O)C[C@@H]1O. The molecule has 1 heterocycles. The maximum absolute atomic E-state index is 11.1. The average Bonchev–Trinajstić information content (AvgIpc) is 2.39. The van der Waals surface area contributed by atoms with Crippen molar-refractivity contribution in [3.8, 4) is 0 Å². The van der Waals surface area contributed by atoms with Gasteiger partial charge in [0.1, 0.15) is 18.3 Å². The highest BCUT2D eigenvalue weighted by Crippen LogP contribution is 2.30. The predicted octanol–water partition coefficient (Wildman–Crippen LogP) is -3.87. The summed E-state index contributed by atoms with van der Waals surface area (Å²) in [5, 5.41) is 59.0. The summed E-state index contributed by atoms with van der Waals surface area (Å²) < 4.78 is 4.86. The first kappa shape index (κ1) is 17.8. The lowest BCUT2D eigenvalue weighted by Crippen LogP contribution is -2.67. The summed E-state index contributed by atoms with van der Waals surface area (Å²) >= 11 is 0. The smallest absolute Gasteiger partial charge is 0.364 e. The Bertz CT molecular complexity index is 403. The highest BCUT2D eigenvalue weighted by atomic mass is 16.7. The molecule has 0 radical (unpaired) electrons. The quantitative estimate of drug-likeness (QED) is 0.268. The van der Waals surface area contributed by atoms with Crippen molar-refractivity contribution < 1.29 is 45.0 Å². The van der Waals surface area contributed by atoms with Gasteiger partial charge in [0.2, 0.25) is 5.91 Å². The van der Waals surface area contributed by atoms with E-state index in [0.29, 0.717) is 0 Å². The van der Waals surface area contributed by atoms with E-state index in [1.165, 1.54) is 0 Å². The number of aliphatic hydroxyl groups is 5. The van der Waals surface area contributed by atoms with Gasteiger partial charge >= 0.3 is 5.97 Å². The van der Waals surface area contributed by atoms with E-state index in [1.807, 2.05) is 0 Å². The fourth-order valence-corrected chi connectivity index (χ4v) is 2.14. The maximum Gasteiger partial charge on any atom is 0.364 e. The fraction of sp³-hybridized carbons (Fsp3) is 0.818. The minimum absolute atomic E-state index is 0.598. The number of aliphatic hydroxyl groups excluding tert-OH is 4. The van der Waals surface area contributed by atoms with E-state index in [4.69, 9.17) is 14.9 Å². The van der Waals surface area contributed by atoms with E-state index in [0.717, 1.165) is 6.92 Å². The van der Waals surface area contributed by atoms with Crippen LogP contribution in [-0.4, -0.2) is 85.4 Å². The molecule has 7 N–H and O–H groups in total. The summed E-state index contributed by atoms with van der Waals surface area (Å²) in [5.41, 5.74) is 0. The van der Waals surface area contributed by atoms with E-state index in [-0.39, 0.29) is 0 Å². The van der Waals surface area contributed by atoms with Gasteiger partial charge in [-0.05, 0) is 0 Å². The van der Waals surface area contributed by atoms with Gasteiger partial charge < -0.3 is 40.7 Å². The monoisotopic (exact) mass is 309 g/mol. The van der Waals surface area contributed by atoms with Gasteiger partial charge in [-0.1, -0.05) is 0 Å². The molecule has 1 saturated heterocycles. The van der Waals surface area contributed by atoms with Crippen LogP contribution in [0.25, 0.3) is 0 Å². The lowest BCUT2D eigenvalue weighted by Gasteiger charge is -2.44. The van der Waals surface area contributed by atoms with E-state index >= 15 is 0 Å². The number of carbonyl (C=O) groups is 2. The van der Waals surface area contributed by atoms with Crippen LogP contribution in [0.4, 0.5) is 0 Å². The third-order valence-electron chi connectivity index (χ3n) is 3.21. The summed E-state index contributed by atoms with van der Waals surface area (Å²) in [4.78, 5) is 22.1. The molecule has 0 aliphatic carbocycles. The minimum Gasteiger partial charge on any atom is -0.477 e. The molecule has 1 aliphatic heterocycles. The largest absolute Gasteiger partial charge is 0.477 e. The van der Waals surface area contributed by atoms with Gasteiger partial charge in [-0.25, -0.2) is 4.79 Å². The Hall–Kier alpha value is -1.30. The number of rotatable bonds is 5. The molecule has 0 spiro atoms. The molecule has 0 saturated carbocycles. The molecule has 0 bridgehead atoms. The molecule has 1 rings (SSSR count). The second-order valence-corrected chi connectivity index (χ2v) is 4.91. The van der Waals surface area contributed by atoms with E-state index in [1.54, 1.807) is 0 Å². The highest BCUT2D eigenvalue weighted by Gasteiger charge is 2.53. The summed E-state index contributed by atoms with van der Waals surface area (Å²) in [6, 6.07) is -1.27. The molecular weight excluding hydrogens is 290 g/mol. The van der Waals surface area contributed by atoms with Gasteiger partial charge in [0.25, 0.3) is 5.79 Å². The molecule has 122 valence electrons. The van der Waals surface area contributed by atoms with Crippen molar-refractivity contribution in [2.45, 2.75) is 49.6 Å². The van der Waals surface area contributed by atoms with Gasteiger partial charge in [0, 0.05) is 13.3 Å². The molecular formula is C11H19NO9. The second-order valence-electron chi connectivity index (χ2n) is 4.91. The van der Waals surface area contributed by atoms with Crippen molar-refractivity contribution in [3.05, 3.63) is 0 Å². The molecule has 1 unspecified atom stereocenters. The Balaban J connectivity index is 3.07. The van der Waals surface area contributed by atoms with E-state index in [2.05, 4.69) is 5.32 Å². The molecule has 0 aromatic heterocycles. The Morgan fingerprint density at radius 3 is 2.43 bits per heavy atom. The van der Waals surface area contributed by atoms with Crippen LogP contribution >= 0.6 is 0 Å². The van der Waals surface area contributed by atoms with Crippen LogP contribution in [0.1, 0.15) is 13.3 Å². The maximum atomic E-state index is 11.1. The number of carboxylic acids is 1. The summed E-state index contributed by atoms with van der Waals surface area (Å²) in [7, 11) is 0. The zero-order valence-electron chi connectivity index (χ0n) is 11.2. The zero-order chi connectivity index (χ0) is 16.4. The lowest BCUT2D eigenvalue weighted by atomic mass is 9.88. The van der Waals surface area contributed by atoms with Crippen molar-refractivity contribution in [1.29, 1.82) is 0 Å². The second kappa shape index (κ2) is 6.64. The summed E-state index contributed by atoms with van der Waals surface area (Å²) in [6.07, 6.45) is -7.48. The van der Waals surface area contributed by atoms with Gasteiger partial charge in [0.05, 0.1) is 18.8 Å². The number of amides is 1. The first-order chi connectivity index (χ1) is 9.62. The summed E-state index contributed by atoms with van der Waals surface area (Å²) in [6.45, 7) is 0.256. The molecule has 0 aromatic rings. The standard InChI is InChI=1S/C11H19NO9/c1-4(14)12-7-5(15)2-11(20,10(18)19)21-9(7)8(17)6(16)3-13/h5-9,13,15-17,20H,2-3H2,1H3,(H,12,14)(H,18,19)/t5-,6+,7?,8+,9+,11-/m0/s1. The van der Waals surface area contributed by atoms with Crippen molar-refractivity contribution in [2.75, 3.05) is 6.61 Å². The van der Waals surface area contributed by atoms with Crippen LogP contribution < -0.4 is 5.32 Å². The highest BCUT2D eigenvalue weighted by molar-refractivity contribution is 5.76. The number of aliphatic carboxylic acids is 1. The molecule has 21 heavy (non-hydrogen) atoms. The third kappa shape index (κ3) is 3.87. The third-order valence-corrected chi connectivity index (χ3v) is 3.21. The van der Waals surface area contributed by atoms with Crippen LogP contribution in [0.2, 0.25) is 0 Å².